The van der Waals surface area contributed by atoms with Gasteiger partial charge in [-0.1, -0.05) is 52.0 Å². The highest BCUT2D eigenvalue weighted by molar-refractivity contribution is 5.23. The Bertz CT molecular complexity index is 542. The molecule has 1 aromatic rings. The van der Waals surface area contributed by atoms with E-state index in [1.807, 2.05) is 0 Å². The minimum Gasteiger partial charge on any atom is -0.314 e. The molecule has 2 heterocycles. The van der Waals surface area contributed by atoms with E-state index < -0.39 is 0 Å². The number of likely N-dealkylation sites (tertiary alicyclic amines) is 1. The first-order chi connectivity index (χ1) is 12.3. The van der Waals surface area contributed by atoms with Crippen LogP contribution in [0.1, 0.15) is 51.7 Å². The first-order valence-electron chi connectivity index (χ1n) is 10.6. The monoisotopic (exact) mass is 357 g/mol. The molecule has 0 aromatic heterocycles. The molecule has 0 saturated carbocycles. The standard InChI is InChI=1S/C23H39N3/c1-19(15-20-5-7-21(8-6-20)16-22(2,3)4)17-26-13-9-23(10-14-26)18-24-11-12-25-23/h5-8,19,24-25H,9-18H2,1-4H3. The first-order valence-corrected chi connectivity index (χ1v) is 10.6. The van der Waals surface area contributed by atoms with Gasteiger partial charge < -0.3 is 15.5 Å². The Morgan fingerprint density at radius 1 is 1.04 bits per heavy atom. The van der Waals surface area contributed by atoms with Gasteiger partial charge in [-0.15, -0.1) is 0 Å². The molecule has 1 unspecified atom stereocenters. The van der Waals surface area contributed by atoms with Gasteiger partial charge in [-0.3, -0.25) is 0 Å². The molecule has 3 heteroatoms. The van der Waals surface area contributed by atoms with E-state index in [9.17, 15) is 0 Å². The molecular formula is C23H39N3. The Morgan fingerprint density at radius 2 is 1.69 bits per heavy atom. The fourth-order valence-corrected chi connectivity index (χ4v) is 4.64. The van der Waals surface area contributed by atoms with Gasteiger partial charge in [0.25, 0.3) is 0 Å². The molecule has 1 spiro atoms. The highest BCUT2D eigenvalue weighted by atomic mass is 15.2. The van der Waals surface area contributed by atoms with Crippen LogP contribution in [0.25, 0.3) is 0 Å². The quantitative estimate of drug-likeness (QED) is 0.845. The van der Waals surface area contributed by atoms with Gasteiger partial charge in [-0.25, -0.2) is 0 Å². The van der Waals surface area contributed by atoms with Crippen LogP contribution in [-0.4, -0.2) is 49.7 Å². The second-order valence-electron chi connectivity index (χ2n) is 10.0. The van der Waals surface area contributed by atoms with Crippen LogP contribution in [0.15, 0.2) is 24.3 Å². The molecule has 2 N–H and O–H groups in total. The number of nitrogens with zero attached hydrogens (tertiary/aromatic N) is 1. The SMILES string of the molecule is CC(Cc1ccc(CC(C)(C)C)cc1)CN1CCC2(CC1)CNCCN2. The Kier molecular flexibility index (Phi) is 6.42. The zero-order valence-corrected chi connectivity index (χ0v) is 17.4. The topological polar surface area (TPSA) is 27.3 Å². The predicted octanol–water partition coefficient (Wildman–Crippen LogP) is 3.48. The fourth-order valence-electron chi connectivity index (χ4n) is 4.64. The zero-order valence-electron chi connectivity index (χ0n) is 17.4. The van der Waals surface area contributed by atoms with Gasteiger partial charge in [0.1, 0.15) is 0 Å². The molecule has 1 atom stereocenters. The lowest BCUT2D eigenvalue weighted by atomic mass is 9.85. The second kappa shape index (κ2) is 8.41. The number of benzene rings is 1. The van der Waals surface area contributed by atoms with Crippen LogP contribution in [0.4, 0.5) is 0 Å². The molecule has 0 amide bonds. The number of piperazine rings is 1. The largest absolute Gasteiger partial charge is 0.314 e. The van der Waals surface area contributed by atoms with Crippen LogP contribution in [0, 0.1) is 11.3 Å². The Morgan fingerprint density at radius 3 is 2.27 bits per heavy atom. The van der Waals surface area contributed by atoms with Gasteiger partial charge in [0.2, 0.25) is 0 Å². The summed E-state index contributed by atoms with van der Waals surface area (Å²) in [5.74, 6) is 0.718. The first kappa shape index (κ1) is 19.9. The molecular weight excluding hydrogens is 318 g/mol. The average molecular weight is 358 g/mol. The van der Waals surface area contributed by atoms with Gasteiger partial charge in [0, 0.05) is 31.7 Å². The summed E-state index contributed by atoms with van der Waals surface area (Å²) in [7, 11) is 0. The average Bonchev–Trinajstić information content (AvgIpc) is 2.58. The second-order valence-corrected chi connectivity index (χ2v) is 10.0. The summed E-state index contributed by atoms with van der Waals surface area (Å²) in [6.45, 7) is 16.4. The molecule has 2 aliphatic heterocycles. The zero-order chi connectivity index (χ0) is 18.6. The summed E-state index contributed by atoms with van der Waals surface area (Å²) in [5.41, 5.74) is 3.69. The molecule has 0 radical (unpaired) electrons. The normalized spacial score (nSPS) is 22.5. The third-order valence-corrected chi connectivity index (χ3v) is 5.99. The van der Waals surface area contributed by atoms with Gasteiger partial charge >= 0.3 is 0 Å². The summed E-state index contributed by atoms with van der Waals surface area (Å²) in [5, 5.41) is 7.35. The summed E-state index contributed by atoms with van der Waals surface area (Å²) in [6.07, 6.45) is 4.92. The highest BCUT2D eigenvalue weighted by Gasteiger charge is 2.35. The van der Waals surface area contributed by atoms with E-state index in [-0.39, 0.29) is 0 Å². The maximum atomic E-state index is 3.78. The maximum Gasteiger partial charge on any atom is 0.0331 e. The third kappa shape index (κ3) is 5.80. The van der Waals surface area contributed by atoms with Gasteiger partial charge in [-0.05, 0) is 61.2 Å². The molecule has 1 aromatic carbocycles. The van der Waals surface area contributed by atoms with Crippen LogP contribution < -0.4 is 10.6 Å². The number of nitrogens with one attached hydrogen (secondary N) is 2. The van der Waals surface area contributed by atoms with E-state index in [2.05, 4.69) is 67.5 Å². The summed E-state index contributed by atoms with van der Waals surface area (Å²) in [4.78, 5) is 2.68. The molecule has 26 heavy (non-hydrogen) atoms. The van der Waals surface area contributed by atoms with Crippen molar-refractivity contribution in [3.05, 3.63) is 35.4 Å². The van der Waals surface area contributed by atoms with E-state index >= 15 is 0 Å². The van der Waals surface area contributed by atoms with Crippen molar-refractivity contribution < 1.29 is 0 Å². The maximum absolute atomic E-state index is 3.78. The lowest BCUT2D eigenvalue weighted by molar-refractivity contribution is 0.110. The van der Waals surface area contributed by atoms with Crippen molar-refractivity contribution in [2.45, 2.75) is 58.9 Å². The highest BCUT2D eigenvalue weighted by Crippen LogP contribution is 2.24. The van der Waals surface area contributed by atoms with Crippen LogP contribution in [-0.2, 0) is 12.8 Å². The van der Waals surface area contributed by atoms with Crippen molar-refractivity contribution in [1.82, 2.24) is 15.5 Å². The molecule has 2 fully saturated rings. The van der Waals surface area contributed by atoms with Crippen molar-refractivity contribution in [3.63, 3.8) is 0 Å². The Labute approximate surface area is 160 Å². The lowest BCUT2D eigenvalue weighted by Crippen LogP contribution is -2.63. The van der Waals surface area contributed by atoms with E-state index in [1.165, 1.54) is 50.0 Å². The number of piperidine rings is 1. The molecule has 2 saturated heterocycles. The van der Waals surface area contributed by atoms with Crippen molar-refractivity contribution in [2.24, 2.45) is 11.3 Å². The van der Waals surface area contributed by atoms with Gasteiger partial charge in [0.15, 0.2) is 0 Å². The number of hydrogen-bond donors (Lipinski definition) is 2. The Hall–Kier alpha value is -0.900. The van der Waals surface area contributed by atoms with Gasteiger partial charge in [0.05, 0.1) is 0 Å². The van der Waals surface area contributed by atoms with Crippen molar-refractivity contribution in [2.75, 3.05) is 39.3 Å². The van der Waals surface area contributed by atoms with Crippen molar-refractivity contribution in [3.8, 4) is 0 Å². The van der Waals surface area contributed by atoms with E-state index in [0.29, 0.717) is 11.0 Å². The van der Waals surface area contributed by atoms with E-state index in [0.717, 1.165) is 32.0 Å². The summed E-state index contributed by atoms with van der Waals surface area (Å²) < 4.78 is 0. The van der Waals surface area contributed by atoms with Crippen molar-refractivity contribution >= 4 is 0 Å². The number of hydrogen-bond acceptors (Lipinski definition) is 3. The predicted molar refractivity (Wildman–Crippen MR) is 112 cm³/mol. The van der Waals surface area contributed by atoms with Crippen LogP contribution in [0.2, 0.25) is 0 Å². The van der Waals surface area contributed by atoms with E-state index in [4.69, 9.17) is 0 Å². The molecule has 2 aliphatic rings. The fraction of sp³-hybridized carbons (Fsp3) is 0.739. The molecule has 3 rings (SSSR count). The van der Waals surface area contributed by atoms with Crippen LogP contribution >= 0.6 is 0 Å². The third-order valence-electron chi connectivity index (χ3n) is 5.99. The van der Waals surface area contributed by atoms with Crippen LogP contribution in [0.3, 0.4) is 0 Å². The minimum atomic E-state index is 0.364. The van der Waals surface area contributed by atoms with E-state index in [1.54, 1.807) is 0 Å². The molecule has 0 bridgehead atoms. The summed E-state index contributed by atoms with van der Waals surface area (Å²) in [6, 6.07) is 9.36. The molecule has 146 valence electrons. The van der Waals surface area contributed by atoms with Crippen molar-refractivity contribution in [1.29, 1.82) is 0 Å². The summed E-state index contributed by atoms with van der Waals surface area (Å²) >= 11 is 0. The number of rotatable bonds is 5. The molecule has 3 nitrogen and oxygen atoms in total. The van der Waals surface area contributed by atoms with Crippen LogP contribution in [0.5, 0.6) is 0 Å². The lowest BCUT2D eigenvalue weighted by Gasteiger charge is -2.45. The minimum absolute atomic E-state index is 0.364. The smallest absolute Gasteiger partial charge is 0.0331 e. The molecule has 0 aliphatic carbocycles. The Balaban J connectivity index is 1.43. The van der Waals surface area contributed by atoms with Gasteiger partial charge in [-0.2, -0.15) is 0 Å².